The van der Waals surface area contributed by atoms with Gasteiger partial charge in [0.1, 0.15) is 28.1 Å². The van der Waals surface area contributed by atoms with Crippen LogP contribution in [0.2, 0.25) is 0 Å². The van der Waals surface area contributed by atoms with Crippen LogP contribution in [0.5, 0.6) is 11.5 Å². The van der Waals surface area contributed by atoms with Gasteiger partial charge in [-0.15, -0.1) is 11.8 Å². The summed E-state index contributed by atoms with van der Waals surface area (Å²) in [5.41, 5.74) is 1.69. The number of carbonyl (C=O) groups is 2. The van der Waals surface area contributed by atoms with E-state index in [2.05, 4.69) is 15.8 Å². The number of carbonyl (C=O) groups excluding carboxylic acids is 2. The van der Waals surface area contributed by atoms with E-state index >= 15 is 0 Å². The third kappa shape index (κ3) is 5.87. The topological polar surface area (TPSA) is 103 Å². The average molecular weight is 504 g/mol. The van der Waals surface area contributed by atoms with Crippen molar-refractivity contribution < 1.29 is 23.6 Å². The van der Waals surface area contributed by atoms with E-state index in [0.717, 1.165) is 10.5 Å². The van der Waals surface area contributed by atoms with Gasteiger partial charge < -0.3 is 24.6 Å². The summed E-state index contributed by atoms with van der Waals surface area (Å²) in [6.45, 7) is 1.76. The smallest absolute Gasteiger partial charge is 0.263 e. The number of aromatic nitrogens is 1. The highest BCUT2D eigenvalue weighted by Crippen LogP contribution is 2.37. The van der Waals surface area contributed by atoms with Crippen LogP contribution in [-0.2, 0) is 4.79 Å². The van der Waals surface area contributed by atoms with Crippen LogP contribution in [0.15, 0.2) is 88.3 Å². The first kappa shape index (κ1) is 24.9. The number of hydrogen-bond acceptors (Lipinski definition) is 7. The lowest BCUT2D eigenvalue weighted by Crippen LogP contribution is -2.19. The number of ether oxygens (including phenoxy) is 2. The molecule has 0 saturated heterocycles. The Labute approximate surface area is 213 Å². The molecule has 1 heterocycles. The number of amides is 2. The van der Waals surface area contributed by atoms with Crippen LogP contribution < -0.4 is 20.1 Å². The number of benzene rings is 3. The van der Waals surface area contributed by atoms with E-state index in [0.29, 0.717) is 34.3 Å². The van der Waals surface area contributed by atoms with E-state index in [4.69, 9.17) is 14.0 Å². The molecule has 0 saturated carbocycles. The monoisotopic (exact) mass is 503 g/mol. The van der Waals surface area contributed by atoms with Crippen molar-refractivity contribution in [2.24, 2.45) is 0 Å². The van der Waals surface area contributed by atoms with Crippen molar-refractivity contribution in [3.8, 4) is 11.5 Å². The second-order valence-corrected chi connectivity index (χ2v) is 8.92. The van der Waals surface area contributed by atoms with Gasteiger partial charge in [0.25, 0.3) is 5.91 Å². The molecule has 1 unspecified atom stereocenters. The molecule has 1 atom stereocenters. The van der Waals surface area contributed by atoms with E-state index in [1.807, 2.05) is 48.5 Å². The molecule has 184 valence electrons. The minimum Gasteiger partial charge on any atom is -0.496 e. The Morgan fingerprint density at radius 3 is 2.22 bits per heavy atom. The van der Waals surface area contributed by atoms with Crippen molar-refractivity contribution in [1.29, 1.82) is 0 Å². The Kier molecular flexibility index (Phi) is 7.92. The van der Waals surface area contributed by atoms with Crippen molar-refractivity contribution in [3.05, 3.63) is 95.7 Å². The quantitative estimate of drug-likeness (QED) is 0.281. The molecule has 0 aliphatic rings. The van der Waals surface area contributed by atoms with Crippen molar-refractivity contribution >= 4 is 35.1 Å². The van der Waals surface area contributed by atoms with Crippen LogP contribution in [0, 0.1) is 6.92 Å². The highest BCUT2D eigenvalue weighted by atomic mass is 32.2. The van der Waals surface area contributed by atoms with E-state index < -0.39 is 5.25 Å². The summed E-state index contributed by atoms with van der Waals surface area (Å²) in [4.78, 5) is 27.1. The van der Waals surface area contributed by atoms with Gasteiger partial charge in [0.2, 0.25) is 5.91 Å². The Hall–Kier alpha value is -4.24. The number of aryl methyl sites for hydroxylation is 1. The Balaban J connectivity index is 1.56. The molecule has 8 nitrogen and oxygen atoms in total. The lowest BCUT2D eigenvalue weighted by atomic mass is 10.1. The first-order valence-electron chi connectivity index (χ1n) is 11.1. The molecule has 0 aliphatic heterocycles. The maximum Gasteiger partial charge on any atom is 0.263 e. The zero-order valence-corrected chi connectivity index (χ0v) is 20.8. The predicted octanol–water partition coefficient (Wildman–Crippen LogP) is 5.72. The van der Waals surface area contributed by atoms with Gasteiger partial charge in [0, 0.05) is 16.6 Å². The molecule has 2 N–H and O–H groups in total. The van der Waals surface area contributed by atoms with Gasteiger partial charge in [-0.3, -0.25) is 9.59 Å². The molecule has 0 bridgehead atoms. The van der Waals surface area contributed by atoms with Gasteiger partial charge in [-0.2, -0.15) is 0 Å². The fourth-order valence-corrected chi connectivity index (χ4v) is 4.65. The van der Waals surface area contributed by atoms with Crippen molar-refractivity contribution in [1.82, 2.24) is 5.16 Å². The highest BCUT2D eigenvalue weighted by molar-refractivity contribution is 8.00. The summed E-state index contributed by atoms with van der Waals surface area (Å²) in [6, 6.07) is 23.5. The van der Waals surface area contributed by atoms with Gasteiger partial charge in [-0.05, 0) is 42.8 Å². The summed E-state index contributed by atoms with van der Waals surface area (Å²) >= 11 is 1.36. The maximum atomic E-state index is 13.2. The molecule has 0 radical (unpaired) electrons. The van der Waals surface area contributed by atoms with Gasteiger partial charge in [0.05, 0.1) is 14.2 Å². The fraction of sp³-hybridized carbons (Fsp3) is 0.148. The minimum atomic E-state index is -0.566. The predicted molar refractivity (Wildman–Crippen MR) is 139 cm³/mol. The summed E-state index contributed by atoms with van der Waals surface area (Å²) in [5.74, 6) is 1.15. The number of rotatable bonds is 9. The van der Waals surface area contributed by atoms with E-state index in [9.17, 15) is 9.59 Å². The molecule has 3 aromatic carbocycles. The van der Waals surface area contributed by atoms with Crippen molar-refractivity contribution in [2.75, 3.05) is 24.9 Å². The molecule has 2 amide bonds. The molecule has 4 aromatic rings. The molecule has 4 rings (SSSR count). The average Bonchev–Trinajstić information content (AvgIpc) is 3.31. The number of hydrogen-bond donors (Lipinski definition) is 2. The summed E-state index contributed by atoms with van der Waals surface area (Å²) in [5, 5.41) is 9.00. The van der Waals surface area contributed by atoms with E-state index in [-0.39, 0.29) is 11.8 Å². The van der Waals surface area contributed by atoms with Crippen molar-refractivity contribution in [2.45, 2.75) is 17.1 Å². The zero-order valence-electron chi connectivity index (χ0n) is 20.0. The SMILES string of the molecule is COc1cccc(OC)c1C(=O)Nc1cccc(SC(C(=O)Nc2cc(C)on2)c2ccccc2)c1. The zero-order chi connectivity index (χ0) is 25.5. The van der Waals surface area contributed by atoms with Crippen LogP contribution in [0.25, 0.3) is 0 Å². The minimum absolute atomic E-state index is 0.243. The van der Waals surface area contributed by atoms with Crippen LogP contribution in [0.4, 0.5) is 11.5 Å². The van der Waals surface area contributed by atoms with Gasteiger partial charge in [-0.1, -0.05) is 47.6 Å². The number of thioether (sulfide) groups is 1. The van der Waals surface area contributed by atoms with E-state index in [1.54, 1.807) is 37.3 Å². The standard InChI is InChI=1S/C27H25N3O5S/c1-17-15-23(30-35-17)29-27(32)25(18-9-5-4-6-10-18)36-20-12-7-11-19(16-20)28-26(31)24-21(33-2)13-8-14-22(24)34-3/h4-16,25H,1-3H3,(H,28,31)(H,29,30,32). The van der Waals surface area contributed by atoms with Crippen LogP contribution in [-0.4, -0.2) is 31.2 Å². The molecule has 9 heteroatoms. The fourth-order valence-electron chi connectivity index (χ4n) is 3.57. The second-order valence-electron chi connectivity index (χ2n) is 7.74. The Morgan fingerprint density at radius 1 is 0.889 bits per heavy atom. The first-order valence-corrected chi connectivity index (χ1v) is 11.9. The Morgan fingerprint density at radius 2 is 1.58 bits per heavy atom. The molecule has 1 aromatic heterocycles. The van der Waals surface area contributed by atoms with Crippen LogP contribution in [0.1, 0.15) is 26.9 Å². The number of nitrogens with one attached hydrogen (secondary N) is 2. The van der Waals surface area contributed by atoms with Gasteiger partial charge in [0.15, 0.2) is 5.82 Å². The molecular weight excluding hydrogens is 478 g/mol. The highest BCUT2D eigenvalue weighted by Gasteiger charge is 2.24. The number of anilines is 2. The molecule has 0 aliphatic carbocycles. The van der Waals surface area contributed by atoms with Crippen LogP contribution in [0.3, 0.4) is 0 Å². The summed E-state index contributed by atoms with van der Waals surface area (Å²) < 4.78 is 15.8. The molecule has 36 heavy (non-hydrogen) atoms. The molecular formula is C27H25N3O5S. The lowest BCUT2D eigenvalue weighted by Gasteiger charge is -2.17. The van der Waals surface area contributed by atoms with Gasteiger partial charge in [-0.25, -0.2) is 0 Å². The largest absolute Gasteiger partial charge is 0.496 e. The van der Waals surface area contributed by atoms with E-state index in [1.165, 1.54) is 26.0 Å². The summed E-state index contributed by atoms with van der Waals surface area (Å²) in [6.07, 6.45) is 0. The molecule has 0 spiro atoms. The maximum absolute atomic E-state index is 13.2. The Bertz CT molecular complexity index is 1330. The normalized spacial score (nSPS) is 11.4. The van der Waals surface area contributed by atoms with Crippen LogP contribution >= 0.6 is 11.8 Å². The van der Waals surface area contributed by atoms with Gasteiger partial charge >= 0.3 is 0 Å². The first-order chi connectivity index (χ1) is 17.5. The number of methoxy groups -OCH3 is 2. The lowest BCUT2D eigenvalue weighted by molar-refractivity contribution is -0.115. The third-order valence-corrected chi connectivity index (χ3v) is 6.47. The molecule has 0 fully saturated rings. The number of nitrogens with zero attached hydrogens (tertiary/aromatic N) is 1. The third-order valence-electron chi connectivity index (χ3n) is 5.22. The summed E-state index contributed by atoms with van der Waals surface area (Å²) in [7, 11) is 3.00. The van der Waals surface area contributed by atoms with Crippen molar-refractivity contribution in [3.63, 3.8) is 0 Å². The second kappa shape index (κ2) is 11.5.